The lowest BCUT2D eigenvalue weighted by molar-refractivity contribution is -0.147. The topological polar surface area (TPSA) is 217 Å². The second kappa shape index (κ2) is 15.4. The van der Waals surface area contributed by atoms with Crippen molar-refractivity contribution >= 4 is 41.4 Å². The van der Waals surface area contributed by atoms with Gasteiger partial charge in [-0.15, -0.1) is 0 Å². The molecular weight excluding hydrogens is 516 g/mol. The first kappa shape index (κ1) is 30.3. The summed E-state index contributed by atoms with van der Waals surface area (Å²) >= 11 is 1.52. The van der Waals surface area contributed by atoms with Crippen molar-refractivity contribution in [1.82, 2.24) is 25.9 Å². The van der Waals surface area contributed by atoms with Crippen molar-refractivity contribution in [3.8, 4) is 0 Å². The van der Waals surface area contributed by atoms with Gasteiger partial charge in [-0.05, 0) is 24.0 Å². The summed E-state index contributed by atoms with van der Waals surface area (Å²) in [5.74, 6) is -4.46. The zero-order chi connectivity index (χ0) is 28.1. The summed E-state index contributed by atoms with van der Waals surface area (Å²) in [5.41, 5.74) is 7.15. The number of carbonyl (C=O) groups is 5. The lowest BCUT2D eigenvalue weighted by atomic mass is 10.0. The van der Waals surface area contributed by atoms with Crippen molar-refractivity contribution in [2.75, 3.05) is 12.0 Å². The minimum Gasteiger partial charge on any atom is -0.481 e. The Balaban J connectivity index is 2.26. The van der Waals surface area contributed by atoms with Crippen molar-refractivity contribution in [1.29, 1.82) is 0 Å². The number of thioether (sulfide) groups is 1. The van der Waals surface area contributed by atoms with Gasteiger partial charge >= 0.3 is 11.9 Å². The van der Waals surface area contributed by atoms with Crippen molar-refractivity contribution in [2.45, 2.75) is 49.9 Å². The van der Waals surface area contributed by atoms with Crippen LogP contribution in [0.15, 0.2) is 42.9 Å². The Kier molecular flexibility index (Phi) is 12.3. The Morgan fingerprint density at radius 1 is 0.947 bits per heavy atom. The van der Waals surface area contributed by atoms with E-state index in [4.69, 9.17) is 10.8 Å². The van der Waals surface area contributed by atoms with E-state index in [0.717, 1.165) is 0 Å². The van der Waals surface area contributed by atoms with Crippen LogP contribution in [0.5, 0.6) is 0 Å². The first-order chi connectivity index (χ1) is 18.1. The fourth-order valence-electron chi connectivity index (χ4n) is 3.46. The maximum atomic E-state index is 13.3. The molecule has 1 heterocycles. The maximum Gasteiger partial charge on any atom is 0.326 e. The summed E-state index contributed by atoms with van der Waals surface area (Å²) in [6.07, 6.45) is 4.32. The van der Waals surface area contributed by atoms with Crippen LogP contribution < -0.4 is 21.7 Å². The van der Waals surface area contributed by atoms with Gasteiger partial charge in [-0.25, -0.2) is 9.78 Å². The Morgan fingerprint density at radius 2 is 1.55 bits per heavy atom. The number of benzene rings is 1. The third-order valence-electron chi connectivity index (χ3n) is 5.49. The van der Waals surface area contributed by atoms with Crippen LogP contribution in [0.2, 0.25) is 0 Å². The number of rotatable bonds is 16. The summed E-state index contributed by atoms with van der Waals surface area (Å²) in [4.78, 5) is 68.4. The number of carboxylic acid groups (broad SMARTS) is 2. The van der Waals surface area contributed by atoms with Crippen LogP contribution in [-0.2, 0) is 36.8 Å². The van der Waals surface area contributed by atoms with Crippen molar-refractivity contribution in [2.24, 2.45) is 5.73 Å². The molecule has 2 aromatic rings. The van der Waals surface area contributed by atoms with Gasteiger partial charge in [0.25, 0.3) is 0 Å². The minimum atomic E-state index is -1.70. The average Bonchev–Trinajstić information content (AvgIpc) is 3.39. The predicted molar refractivity (Wildman–Crippen MR) is 139 cm³/mol. The van der Waals surface area contributed by atoms with E-state index in [2.05, 4.69) is 25.9 Å². The molecule has 2 rings (SSSR count). The van der Waals surface area contributed by atoms with E-state index < -0.39 is 60.2 Å². The average molecular weight is 549 g/mol. The molecule has 38 heavy (non-hydrogen) atoms. The van der Waals surface area contributed by atoms with Gasteiger partial charge in [0.05, 0.1) is 18.8 Å². The second-order valence-corrected chi connectivity index (χ2v) is 9.46. The lowest BCUT2D eigenvalue weighted by Gasteiger charge is -2.25. The fourth-order valence-corrected chi connectivity index (χ4v) is 3.95. The molecule has 0 aliphatic carbocycles. The molecule has 0 bridgehead atoms. The number of hydrogen-bond donors (Lipinski definition) is 7. The monoisotopic (exact) mass is 548 g/mol. The number of imidazole rings is 1. The van der Waals surface area contributed by atoms with E-state index in [9.17, 15) is 29.1 Å². The van der Waals surface area contributed by atoms with Crippen molar-refractivity contribution in [3.63, 3.8) is 0 Å². The van der Waals surface area contributed by atoms with Crippen LogP contribution in [0.4, 0.5) is 0 Å². The molecule has 0 saturated heterocycles. The van der Waals surface area contributed by atoms with Gasteiger partial charge < -0.3 is 36.9 Å². The first-order valence-electron chi connectivity index (χ1n) is 11.7. The smallest absolute Gasteiger partial charge is 0.326 e. The van der Waals surface area contributed by atoms with E-state index in [1.807, 2.05) is 6.26 Å². The summed E-state index contributed by atoms with van der Waals surface area (Å²) < 4.78 is 0. The van der Waals surface area contributed by atoms with Gasteiger partial charge in [-0.3, -0.25) is 19.2 Å². The number of carboxylic acids is 2. The molecule has 0 spiro atoms. The molecule has 1 aromatic heterocycles. The number of H-pyrrole nitrogens is 1. The summed E-state index contributed by atoms with van der Waals surface area (Å²) in [6, 6.07) is 3.69. The van der Waals surface area contributed by atoms with Gasteiger partial charge in [0.15, 0.2) is 0 Å². The highest BCUT2D eigenvalue weighted by molar-refractivity contribution is 7.98. The lowest BCUT2D eigenvalue weighted by Crippen LogP contribution is -2.58. The van der Waals surface area contributed by atoms with Crippen LogP contribution in [-0.4, -0.2) is 86.0 Å². The molecule has 3 amide bonds. The SMILES string of the molecule is CSCCC(N)C(=O)NC(Cc1cnc[nH]1)C(=O)NC(Cc1ccccc1)C(=O)NC(CC(=O)O)C(=O)O. The van der Waals surface area contributed by atoms with Gasteiger partial charge in [0, 0.05) is 24.7 Å². The molecule has 0 saturated carbocycles. The number of hydrogen-bond acceptors (Lipinski definition) is 8. The normalized spacial score (nSPS) is 13.9. The van der Waals surface area contributed by atoms with E-state index >= 15 is 0 Å². The number of nitrogens with two attached hydrogens (primary N) is 1. The van der Waals surface area contributed by atoms with E-state index in [1.54, 1.807) is 30.3 Å². The molecule has 4 unspecified atom stereocenters. The molecule has 4 atom stereocenters. The van der Waals surface area contributed by atoms with Crippen LogP contribution in [0, 0.1) is 0 Å². The number of aliphatic carboxylic acids is 2. The molecule has 1 aromatic carbocycles. The summed E-state index contributed by atoms with van der Waals surface area (Å²) in [5, 5.41) is 25.7. The van der Waals surface area contributed by atoms with Gasteiger partial charge in [-0.2, -0.15) is 11.8 Å². The maximum absolute atomic E-state index is 13.3. The largest absolute Gasteiger partial charge is 0.481 e. The van der Waals surface area contributed by atoms with E-state index in [0.29, 0.717) is 23.4 Å². The van der Waals surface area contributed by atoms with Crippen LogP contribution in [0.1, 0.15) is 24.1 Å². The Morgan fingerprint density at radius 3 is 2.11 bits per heavy atom. The van der Waals surface area contributed by atoms with Crippen LogP contribution in [0.3, 0.4) is 0 Å². The molecular formula is C24H32N6O7S. The second-order valence-electron chi connectivity index (χ2n) is 8.48. The molecule has 0 fully saturated rings. The van der Waals surface area contributed by atoms with E-state index in [1.165, 1.54) is 24.3 Å². The standard InChI is InChI=1S/C24H32N6O7S/c1-38-8-7-16(25)21(33)28-18(10-15-12-26-13-27-15)23(35)29-17(9-14-5-3-2-4-6-14)22(34)30-19(24(36)37)11-20(31)32/h2-6,12-13,16-19H,7-11,25H2,1H3,(H,26,27)(H,28,33)(H,29,35)(H,30,34)(H,31,32)(H,36,37). The third-order valence-corrected chi connectivity index (χ3v) is 6.13. The first-order valence-corrected chi connectivity index (χ1v) is 13.1. The zero-order valence-electron chi connectivity index (χ0n) is 20.8. The number of nitrogens with one attached hydrogen (secondary N) is 4. The molecule has 206 valence electrons. The van der Waals surface area contributed by atoms with E-state index in [-0.39, 0.29) is 12.8 Å². The quantitative estimate of drug-likeness (QED) is 0.140. The zero-order valence-corrected chi connectivity index (χ0v) is 21.6. The Hall–Kier alpha value is -3.91. The van der Waals surface area contributed by atoms with Gasteiger partial charge in [0.2, 0.25) is 17.7 Å². The number of aromatic nitrogens is 2. The minimum absolute atomic E-state index is 0.0171. The number of amides is 3. The van der Waals surface area contributed by atoms with Gasteiger partial charge in [-0.1, -0.05) is 30.3 Å². The van der Waals surface area contributed by atoms with Crippen molar-refractivity contribution < 1.29 is 34.2 Å². The van der Waals surface area contributed by atoms with Gasteiger partial charge in [0.1, 0.15) is 18.1 Å². The molecule has 8 N–H and O–H groups in total. The van der Waals surface area contributed by atoms with Crippen LogP contribution in [0.25, 0.3) is 0 Å². The molecule has 0 aliphatic heterocycles. The predicted octanol–water partition coefficient (Wildman–Crippen LogP) is -0.711. The van der Waals surface area contributed by atoms with Crippen LogP contribution >= 0.6 is 11.8 Å². The Bertz CT molecular complexity index is 1080. The Labute approximate surface area is 223 Å². The molecule has 0 radical (unpaired) electrons. The third kappa shape index (κ3) is 10.2. The van der Waals surface area contributed by atoms with Crippen molar-refractivity contribution in [3.05, 3.63) is 54.1 Å². The molecule has 0 aliphatic rings. The number of nitrogens with zero attached hydrogens (tertiary/aromatic N) is 1. The molecule has 14 heteroatoms. The fraction of sp³-hybridized carbons (Fsp3) is 0.417. The summed E-state index contributed by atoms with van der Waals surface area (Å²) in [7, 11) is 0. The number of aromatic amines is 1. The number of carbonyl (C=O) groups excluding carboxylic acids is 3. The highest BCUT2D eigenvalue weighted by Gasteiger charge is 2.31. The molecule has 13 nitrogen and oxygen atoms in total. The highest BCUT2D eigenvalue weighted by Crippen LogP contribution is 2.07. The summed E-state index contributed by atoms with van der Waals surface area (Å²) in [6.45, 7) is 0. The highest BCUT2D eigenvalue weighted by atomic mass is 32.2.